The minimum absolute atomic E-state index is 0.0322. The van der Waals surface area contributed by atoms with E-state index in [-0.39, 0.29) is 30.2 Å². The van der Waals surface area contributed by atoms with E-state index in [9.17, 15) is 14.0 Å². The van der Waals surface area contributed by atoms with Gasteiger partial charge in [0, 0.05) is 17.5 Å². The zero-order chi connectivity index (χ0) is 16.4. The summed E-state index contributed by atoms with van der Waals surface area (Å²) in [6.45, 7) is 2.43. The van der Waals surface area contributed by atoms with Crippen molar-refractivity contribution in [2.24, 2.45) is 0 Å². The molecule has 0 radical (unpaired) electrons. The smallest absolute Gasteiger partial charge is 0.252 e. The Bertz CT molecular complexity index is 730. The quantitative estimate of drug-likeness (QED) is 0.939. The highest BCUT2D eigenvalue weighted by Gasteiger charge is 2.27. The standard InChI is InChI=1S/C17H17FN2O2S/c1-11-15-3-2-14(18)8-12(15)4-6-20(11)16(21)9-19-17(22)13-5-7-23-10-13/h2-3,5,7-8,10-11H,4,6,9H2,1H3,(H,19,22). The maximum absolute atomic E-state index is 13.3. The molecule has 4 nitrogen and oxygen atoms in total. The highest BCUT2D eigenvalue weighted by molar-refractivity contribution is 7.08. The minimum Gasteiger partial charge on any atom is -0.343 e. The number of amides is 2. The number of nitrogens with zero attached hydrogens (tertiary/aromatic N) is 1. The van der Waals surface area contributed by atoms with E-state index in [0.717, 1.165) is 11.1 Å². The van der Waals surface area contributed by atoms with Crippen LogP contribution in [0.3, 0.4) is 0 Å². The maximum atomic E-state index is 13.3. The largest absolute Gasteiger partial charge is 0.343 e. The van der Waals surface area contributed by atoms with Crippen molar-refractivity contribution in [3.63, 3.8) is 0 Å². The Kier molecular flexibility index (Phi) is 4.43. The van der Waals surface area contributed by atoms with E-state index in [1.807, 2.05) is 12.3 Å². The summed E-state index contributed by atoms with van der Waals surface area (Å²) < 4.78 is 13.3. The van der Waals surface area contributed by atoms with Crippen LogP contribution in [0.5, 0.6) is 0 Å². The number of hydrogen-bond acceptors (Lipinski definition) is 3. The van der Waals surface area contributed by atoms with Crippen LogP contribution in [0.15, 0.2) is 35.0 Å². The van der Waals surface area contributed by atoms with Crippen LogP contribution in [-0.4, -0.2) is 29.8 Å². The van der Waals surface area contributed by atoms with E-state index < -0.39 is 0 Å². The summed E-state index contributed by atoms with van der Waals surface area (Å²) in [4.78, 5) is 26.0. The molecule has 1 aliphatic rings. The van der Waals surface area contributed by atoms with Gasteiger partial charge >= 0.3 is 0 Å². The summed E-state index contributed by atoms with van der Waals surface area (Å²) in [5.74, 6) is -0.624. The molecule has 3 rings (SSSR count). The second-order valence-corrected chi connectivity index (χ2v) is 6.33. The molecule has 2 amide bonds. The molecule has 0 fully saturated rings. The van der Waals surface area contributed by atoms with Crippen LogP contribution in [0.2, 0.25) is 0 Å². The molecule has 1 aromatic carbocycles. The zero-order valence-corrected chi connectivity index (χ0v) is 13.5. The summed E-state index contributed by atoms with van der Waals surface area (Å²) in [5, 5.41) is 6.22. The van der Waals surface area contributed by atoms with Crippen molar-refractivity contribution in [3.05, 3.63) is 57.5 Å². The van der Waals surface area contributed by atoms with Crippen molar-refractivity contribution in [1.82, 2.24) is 10.2 Å². The van der Waals surface area contributed by atoms with Crippen molar-refractivity contribution >= 4 is 23.2 Å². The Morgan fingerprint density at radius 1 is 1.39 bits per heavy atom. The fourth-order valence-electron chi connectivity index (χ4n) is 2.89. The van der Waals surface area contributed by atoms with Crippen molar-refractivity contribution in [2.45, 2.75) is 19.4 Å². The van der Waals surface area contributed by atoms with Gasteiger partial charge in [-0.3, -0.25) is 9.59 Å². The Morgan fingerprint density at radius 3 is 2.96 bits per heavy atom. The third kappa shape index (κ3) is 3.27. The molecular weight excluding hydrogens is 315 g/mol. The summed E-state index contributed by atoms with van der Waals surface area (Å²) in [5.41, 5.74) is 2.48. The molecular formula is C17H17FN2O2S. The van der Waals surface area contributed by atoms with Crippen LogP contribution in [0.25, 0.3) is 0 Å². The van der Waals surface area contributed by atoms with Gasteiger partial charge in [0.1, 0.15) is 5.82 Å². The molecule has 1 aliphatic heterocycles. The number of hydrogen-bond donors (Lipinski definition) is 1. The third-order valence-electron chi connectivity index (χ3n) is 4.15. The molecule has 6 heteroatoms. The van der Waals surface area contributed by atoms with Gasteiger partial charge in [0.05, 0.1) is 12.6 Å². The van der Waals surface area contributed by atoms with E-state index in [1.54, 1.807) is 22.4 Å². The number of carbonyl (C=O) groups excluding carboxylic acids is 2. The zero-order valence-electron chi connectivity index (χ0n) is 12.7. The van der Waals surface area contributed by atoms with Gasteiger partial charge in [-0.15, -0.1) is 0 Å². The number of halogens is 1. The van der Waals surface area contributed by atoms with Gasteiger partial charge < -0.3 is 10.2 Å². The topological polar surface area (TPSA) is 49.4 Å². The Labute approximate surface area is 137 Å². The van der Waals surface area contributed by atoms with Gasteiger partial charge in [-0.25, -0.2) is 4.39 Å². The SMILES string of the molecule is CC1c2ccc(F)cc2CCN1C(=O)CNC(=O)c1ccsc1. The number of fused-ring (bicyclic) bond motifs is 1. The molecule has 0 saturated carbocycles. The molecule has 0 bridgehead atoms. The molecule has 120 valence electrons. The van der Waals surface area contributed by atoms with E-state index in [4.69, 9.17) is 0 Å². The molecule has 2 heterocycles. The lowest BCUT2D eigenvalue weighted by Crippen LogP contribution is -2.44. The normalized spacial score (nSPS) is 16.8. The van der Waals surface area contributed by atoms with Crippen LogP contribution < -0.4 is 5.32 Å². The monoisotopic (exact) mass is 332 g/mol. The van der Waals surface area contributed by atoms with Crippen LogP contribution in [-0.2, 0) is 11.2 Å². The van der Waals surface area contributed by atoms with Gasteiger partial charge in [-0.1, -0.05) is 6.07 Å². The lowest BCUT2D eigenvalue weighted by molar-refractivity contribution is -0.132. The molecule has 0 aliphatic carbocycles. The summed E-state index contributed by atoms with van der Waals surface area (Å²) in [6.07, 6.45) is 0.627. The van der Waals surface area contributed by atoms with Gasteiger partial charge in [-0.05, 0) is 48.1 Å². The molecule has 2 aromatic rings. The van der Waals surface area contributed by atoms with Gasteiger partial charge in [0.25, 0.3) is 5.91 Å². The van der Waals surface area contributed by atoms with Crippen molar-refractivity contribution < 1.29 is 14.0 Å². The number of thiophene rings is 1. The predicted octanol–water partition coefficient (Wildman–Crippen LogP) is 2.76. The van der Waals surface area contributed by atoms with E-state index in [2.05, 4.69) is 5.32 Å². The van der Waals surface area contributed by atoms with Crippen molar-refractivity contribution in [3.8, 4) is 0 Å². The average Bonchev–Trinajstić information content (AvgIpc) is 3.07. The van der Waals surface area contributed by atoms with E-state index in [1.165, 1.54) is 23.5 Å². The van der Waals surface area contributed by atoms with Crippen molar-refractivity contribution in [2.75, 3.05) is 13.1 Å². The van der Waals surface area contributed by atoms with Crippen LogP contribution in [0.4, 0.5) is 4.39 Å². The van der Waals surface area contributed by atoms with Gasteiger partial charge in [0.15, 0.2) is 0 Å². The number of rotatable bonds is 3. The van der Waals surface area contributed by atoms with Crippen LogP contribution in [0.1, 0.15) is 34.5 Å². The second kappa shape index (κ2) is 6.50. The Hall–Kier alpha value is -2.21. The molecule has 1 N–H and O–H groups in total. The molecule has 0 saturated heterocycles. The molecule has 1 atom stereocenters. The number of benzene rings is 1. The average molecular weight is 332 g/mol. The third-order valence-corrected chi connectivity index (χ3v) is 4.83. The molecule has 0 spiro atoms. The van der Waals surface area contributed by atoms with Crippen LogP contribution in [0, 0.1) is 5.82 Å². The first kappa shape index (κ1) is 15.7. The van der Waals surface area contributed by atoms with Crippen molar-refractivity contribution in [1.29, 1.82) is 0 Å². The fraction of sp³-hybridized carbons (Fsp3) is 0.294. The highest BCUT2D eigenvalue weighted by atomic mass is 32.1. The maximum Gasteiger partial charge on any atom is 0.252 e. The molecule has 1 unspecified atom stereocenters. The van der Waals surface area contributed by atoms with Gasteiger partial charge in [0.2, 0.25) is 5.91 Å². The lowest BCUT2D eigenvalue weighted by Gasteiger charge is -2.35. The van der Waals surface area contributed by atoms with E-state index >= 15 is 0 Å². The number of carbonyl (C=O) groups is 2. The Balaban J connectivity index is 1.64. The summed E-state index contributed by atoms with van der Waals surface area (Å²) in [7, 11) is 0. The number of nitrogens with one attached hydrogen (secondary N) is 1. The first-order valence-corrected chi connectivity index (χ1v) is 8.38. The fourth-order valence-corrected chi connectivity index (χ4v) is 3.53. The predicted molar refractivity (Wildman–Crippen MR) is 86.9 cm³/mol. The summed E-state index contributed by atoms with van der Waals surface area (Å²) in [6, 6.07) is 6.29. The Morgan fingerprint density at radius 2 is 2.22 bits per heavy atom. The van der Waals surface area contributed by atoms with E-state index in [0.29, 0.717) is 18.5 Å². The first-order valence-electron chi connectivity index (χ1n) is 7.44. The first-order chi connectivity index (χ1) is 11.1. The lowest BCUT2D eigenvalue weighted by atomic mass is 9.93. The molecule has 23 heavy (non-hydrogen) atoms. The molecule has 1 aromatic heterocycles. The van der Waals surface area contributed by atoms with Crippen LogP contribution >= 0.6 is 11.3 Å². The summed E-state index contributed by atoms with van der Waals surface area (Å²) >= 11 is 1.44. The highest BCUT2D eigenvalue weighted by Crippen LogP contribution is 2.29. The van der Waals surface area contributed by atoms with Gasteiger partial charge in [-0.2, -0.15) is 11.3 Å². The second-order valence-electron chi connectivity index (χ2n) is 5.55. The minimum atomic E-state index is -0.251.